The average molecular weight is 709 g/mol. The van der Waals surface area contributed by atoms with Crippen LogP contribution in [0, 0.1) is 0 Å². The van der Waals surface area contributed by atoms with E-state index in [1.54, 1.807) is 0 Å². The van der Waals surface area contributed by atoms with Crippen LogP contribution in [0.2, 0.25) is 0 Å². The van der Waals surface area contributed by atoms with Crippen molar-refractivity contribution in [2.24, 2.45) is 0 Å². The summed E-state index contributed by atoms with van der Waals surface area (Å²) in [5.41, 5.74) is 12.3. The van der Waals surface area contributed by atoms with Crippen molar-refractivity contribution in [1.29, 1.82) is 0 Å². The largest absolute Gasteiger partial charge is 0.0616 e. The summed E-state index contributed by atoms with van der Waals surface area (Å²) in [6.07, 6.45) is 0. The number of fused-ring (bicyclic) bond motifs is 5. The fourth-order valence-electron chi connectivity index (χ4n) is 8.96. The Morgan fingerprint density at radius 2 is 0.625 bits per heavy atom. The Labute approximate surface area is 326 Å². The third-order valence-electron chi connectivity index (χ3n) is 11.6. The lowest BCUT2D eigenvalue weighted by atomic mass is 9.84. The molecule has 0 aromatic heterocycles. The summed E-state index contributed by atoms with van der Waals surface area (Å²) in [7, 11) is 0. The molecule has 0 aliphatic rings. The van der Waals surface area contributed by atoms with E-state index in [0.717, 1.165) is 0 Å². The monoisotopic (exact) mass is 708 g/mol. The molecule has 0 bridgehead atoms. The predicted molar refractivity (Wildman–Crippen MR) is 241 cm³/mol. The van der Waals surface area contributed by atoms with E-state index >= 15 is 0 Å². The first-order valence-electron chi connectivity index (χ1n) is 19.4. The first-order chi connectivity index (χ1) is 27.8. The van der Waals surface area contributed by atoms with E-state index in [1.165, 1.54) is 109 Å². The van der Waals surface area contributed by atoms with E-state index in [-0.39, 0.29) is 0 Å². The van der Waals surface area contributed by atoms with Gasteiger partial charge in [0.05, 0.1) is 0 Å². The van der Waals surface area contributed by atoms with Crippen LogP contribution in [-0.4, -0.2) is 0 Å². The zero-order valence-corrected chi connectivity index (χ0v) is 30.8. The Balaban J connectivity index is 1.16. The molecule has 11 rings (SSSR count). The van der Waals surface area contributed by atoms with Gasteiger partial charge in [-0.15, -0.1) is 0 Å². The second-order valence-corrected chi connectivity index (χ2v) is 14.8. The van der Waals surface area contributed by atoms with Gasteiger partial charge in [-0.1, -0.05) is 200 Å². The molecule has 0 heteroatoms. The van der Waals surface area contributed by atoms with E-state index in [4.69, 9.17) is 0 Å². The minimum Gasteiger partial charge on any atom is -0.0616 e. The quantitative estimate of drug-likeness (QED) is 0.156. The molecule has 0 nitrogen and oxygen atoms in total. The van der Waals surface area contributed by atoms with E-state index in [9.17, 15) is 0 Å². The van der Waals surface area contributed by atoms with Crippen LogP contribution in [0.5, 0.6) is 0 Å². The van der Waals surface area contributed by atoms with Crippen LogP contribution in [0.4, 0.5) is 0 Å². The molecule has 0 amide bonds. The van der Waals surface area contributed by atoms with Gasteiger partial charge in [0.15, 0.2) is 0 Å². The lowest BCUT2D eigenvalue weighted by molar-refractivity contribution is 1.62. The molecule has 0 spiro atoms. The van der Waals surface area contributed by atoms with Crippen LogP contribution in [-0.2, 0) is 0 Å². The number of hydrogen-bond donors (Lipinski definition) is 0. The lowest BCUT2D eigenvalue weighted by Gasteiger charge is -2.19. The zero-order valence-electron chi connectivity index (χ0n) is 30.8. The third kappa shape index (κ3) is 5.38. The van der Waals surface area contributed by atoms with Crippen molar-refractivity contribution in [1.82, 2.24) is 0 Å². The van der Waals surface area contributed by atoms with Gasteiger partial charge < -0.3 is 0 Å². The van der Waals surface area contributed by atoms with Gasteiger partial charge in [-0.3, -0.25) is 0 Å². The highest BCUT2D eigenvalue weighted by Gasteiger charge is 2.19. The smallest absolute Gasteiger partial charge is 0.00259 e. The van der Waals surface area contributed by atoms with Crippen molar-refractivity contribution < 1.29 is 0 Å². The highest BCUT2D eigenvalue weighted by Crippen LogP contribution is 2.46. The number of rotatable bonds is 5. The van der Waals surface area contributed by atoms with Crippen LogP contribution >= 0.6 is 0 Å². The zero-order chi connectivity index (χ0) is 37.0. The van der Waals surface area contributed by atoms with Gasteiger partial charge in [-0.25, -0.2) is 0 Å². The first-order valence-corrected chi connectivity index (χ1v) is 19.4. The Bertz CT molecular complexity index is 3280. The molecule has 11 aromatic carbocycles. The minimum atomic E-state index is 1.21. The number of hydrogen-bond acceptors (Lipinski definition) is 0. The second kappa shape index (κ2) is 13.2. The molecule has 56 heavy (non-hydrogen) atoms. The van der Waals surface area contributed by atoms with Gasteiger partial charge in [0.2, 0.25) is 0 Å². The van der Waals surface area contributed by atoms with Crippen molar-refractivity contribution in [3.05, 3.63) is 218 Å². The molecule has 0 radical (unpaired) electrons. The fraction of sp³-hybridized carbons (Fsp3) is 0. The van der Waals surface area contributed by atoms with E-state index in [2.05, 4.69) is 218 Å². The summed E-state index contributed by atoms with van der Waals surface area (Å²) in [5.74, 6) is 0. The van der Waals surface area contributed by atoms with Gasteiger partial charge in [-0.05, 0) is 128 Å². The van der Waals surface area contributed by atoms with Crippen molar-refractivity contribution >= 4 is 53.9 Å². The molecule has 0 N–H and O–H groups in total. The summed E-state index contributed by atoms with van der Waals surface area (Å²) >= 11 is 0. The van der Waals surface area contributed by atoms with Crippen LogP contribution in [0.1, 0.15) is 0 Å². The molecular formula is C56H36. The van der Waals surface area contributed by atoms with Gasteiger partial charge in [0.1, 0.15) is 0 Å². The Morgan fingerprint density at radius 3 is 1.32 bits per heavy atom. The standard InChI is InChI=1S/C56H36/c1-2-15-42-34-43(31-26-37(42)12-1)44-32-33-53-54(36-44)56(46-19-9-18-45(35-46)50-25-11-17-39-14-4-6-21-48(39)50)52-23-8-7-22-51(52)55(53)41-29-27-40(28-30-41)49-24-10-16-38-13-3-5-20-47(38)49/h1-36H. The second-order valence-electron chi connectivity index (χ2n) is 14.8. The first kappa shape index (κ1) is 32.2. The Kier molecular flexibility index (Phi) is 7.60. The van der Waals surface area contributed by atoms with Crippen LogP contribution in [0.25, 0.3) is 109 Å². The van der Waals surface area contributed by atoms with E-state index < -0.39 is 0 Å². The lowest BCUT2D eigenvalue weighted by Crippen LogP contribution is -1.92. The molecule has 0 unspecified atom stereocenters. The van der Waals surface area contributed by atoms with E-state index in [0.29, 0.717) is 0 Å². The molecule has 0 atom stereocenters. The average Bonchev–Trinajstić information content (AvgIpc) is 3.27. The predicted octanol–water partition coefficient (Wildman–Crippen LogP) is 15.8. The van der Waals surface area contributed by atoms with E-state index in [1.807, 2.05) is 0 Å². The van der Waals surface area contributed by atoms with Crippen molar-refractivity contribution in [2.75, 3.05) is 0 Å². The summed E-state index contributed by atoms with van der Waals surface area (Å²) in [4.78, 5) is 0. The maximum Gasteiger partial charge on any atom is -0.00259 e. The van der Waals surface area contributed by atoms with Crippen LogP contribution in [0.3, 0.4) is 0 Å². The van der Waals surface area contributed by atoms with Crippen molar-refractivity contribution in [2.45, 2.75) is 0 Å². The maximum atomic E-state index is 2.43. The minimum absolute atomic E-state index is 1.21. The van der Waals surface area contributed by atoms with Gasteiger partial charge in [0, 0.05) is 0 Å². The molecule has 0 saturated heterocycles. The fourth-order valence-corrected chi connectivity index (χ4v) is 8.96. The van der Waals surface area contributed by atoms with Gasteiger partial charge >= 0.3 is 0 Å². The molecule has 0 aliphatic heterocycles. The topological polar surface area (TPSA) is 0 Å². The molecule has 11 aromatic rings. The van der Waals surface area contributed by atoms with Crippen molar-refractivity contribution in [3.63, 3.8) is 0 Å². The number of benzene rings is 11. The molecule has 0 fully saturated rings. The molecule has 260 valence electrons. The normalized spacial score (nSPS) is 11.6. The highest BCUT2D eigenvalue weighted by molar-refractivity contribution is 6.22. The van der Waals surface area contributed by atoms with Gasteiger partial charge in [0.25, 0.3) is 0 Å². The summed E-state index contributed by atoms with van der Waals surface area (Å²) in [6.45, 7) is 0. The summed E-state index contributed by atoms with van der Waals surface area (Å²) < 4.78 is 0. The SMILES string of the molecule is c1cc(-c2cccc3ccccc23)cc(-c2c3ccccc3c(-c3ccc(-c4cccc5ccccc45)cc3)c3ccc(-c4ccc5ccccc5c4)cc23)c1. The summed E-state index contributed by atoms with van der Waals surface area (Å²) in [6, 6.07) is 80.5. The highest BCUT2D eigenvalue weighted by atomic mass is 14.2. The Morgan fingerprint density at radius 1 is 0.179 bits per heavy atom. The third-order valence-corrected chi connectivity index (χ3v) is 11.6. The molecule has 0 saturated carbocycles. The van der Waals surface area contributed by atoms with Crippen molar-refractivity contribution in [3.8, 4) is 55.6 Å². The molecule has 0 heterocycles. The van der Waals surface area contributed by atoms with Crippen LogP contribution in [0.15, 0.2) is 218 Å². The Hall–Kier alpha value is -7.28. The van der Waals surface area contributed by atoms with Crippen LogP contribution < -0.4 is 0 Å². The molecule has 0 aliphatic carbocycles. The molecular weight excluding hydrogens is 673 g/mol. The summed E-state index contributed by atoms with van der Waals surface area (Å²) in [5, 5.41) is 12.5. The maximum absolute atomic E-state index is 2.43. The van der Waals surface area contributed by atoms with Gasteiger partial charge in [-0.2, -0.15) is 0 Å².